The first kappa shape index (κ1) is 20.2. The minimum Gasteiger partial charge on any atom is -0.372 e. The van der Waals surface area contributed by atoms with Crippen molar-refractivity contribution in [3.8, 4) is 0 Å². The number of rotatable bonds is 4. The summed E-state index contributed by atoms with van der Waals surface area (Å²) in [7, 11) is 0. The van der Waals surface area contributed by atoms with Gasteiger partial charge in [-0.25, -0.2) is 0 Å². The number of carbonyl (C=O) groups is 1. The van der Waals surface area contributed by atoms with E-state index >= 15 is 0 Å². The van der Waals surface area contributed by atoms with Crippen LogP contribution in [-0.4, -0.2) is 31.2 Å². The highest BCUT2D eigenvalue weighted by Gasteiger charge is 2.24. The molecule has 2 atom stereocenters. The number of anilines is 2. The molecule has 2 unspecified atom stereocenters. The molecule has 1 aliphatic heterocycles. The molecule has 2 aromatic rings. The van der Waals surface area contributed by atoms with E-state index in [-0.39, 0.29) is 30.5 Å². The number of carbonyl (C=O) groups excluding carboxylic acids is 1. The van der Waals surface area contributed by atoms with E-state index in [4.69, 9.17) is 10.5 Å². The maximum atomic E-state index is 12.6. The van der Waals surface area contributed by atoms with Gasteiger partial charge in [-0.15, -0.1) is 12.4 Å². The average Bonchev–Trinajstić information content (AvgIpc) is 2.61. The van der Waals surface area contributed by atoms with Crippen molar-refractivity contribution in [1.29, 1.82) is 0 Å². The molecule has 3 rings (SSSR count). The minimum absolute atomic E-state index is 0. The van der Waals surface area contributed by atoms with Crippen LogP contribution in [0, 0.1) is 0 Å². The van der Waals surface area contributed by atoms with E-state index in [2.05, 4.69) is 24.1 Å². The Morgan fingerprint density at radius 1 is 1.12 bits per heavy atom. The number of morpholine rings is 1. The quantitative estimate of drug-likeness (QED) is 0.859. The zero-order valence-electron chi connectivity index (χ0n) is 15.1. The second-order valence-corrected chi connectivity index (χ2v) is 6.53. The van der Waals surface area contributed by atoms with E-state index in [1.807, 2.05) is 36.4 Å². The lowest BCUT2D eigenvalue weighted by atomic mass is 10.1. The van der Waals surface area contributed by atoms with Gasteiger partial charge in [-0.05, 0) is 43.7 Å². The summed E-state index contributed by atoms with van der Waals surface area (Å²) in [6, 6.07) is 15.3. The zero-order valence-corrected chi connectivity index (χ0v) is 16.0. The molecule has 0 spiro atoms. The van der Waals surface area contributed by atoms with Gasteiger partial charge in [0.25, 0.3) is 5.91 Å². The maximum Gasteiger partial charge on any atom is 0.255 e. The SMILES string of the molecule is CC1CN(c2ccccc2NC(=O)c2ccc(CN)cc2)CC(C)O1.Cl. The summed E-state index contributed by atoms with van der Waals surface area (Å²) in [5, 5.41) is 3.04. The van der Waals surface area contributed by atoms with Crippen LogP contribution in [0.3, 0.4) is 0 Å². The lowest BCUT2D eigenvalue weighted by Crippen LogP contribution is -2.45. The molecule has 26 heavy (non-hydrogen) atoms. The van der Waals surface area contributed by atoms with Crippen molar-refractivity contribution in [2.24, 2.45) is 5.73 Å². The van der Waals surface area contributed by atoms with Gasteiger partial charge >= 0.3 is 0 Å². The highest BCUT2D eigenvalue weighted by atomic mass is 35.5. The number of nitrogens with one attached hydrogen (secondary N) is 1. The number of halogens is 1. The Bertz CT molecular complexity index is 726. The number of hydrogen-bond donors (Lipinski definition) is 2. The van der Waals surface area contributed by atoms with E-state index in [1.54, 1.807) is 12.1 Å². The fraction of sp³-hybridized carbons (Fsp3) is 0.350. The van der Waals surface area contributed by atoms with Crippen LogP contribution in [0.4, 0.5) is 11.4 Å². The molecule has 0 radical (unpaired) electrons. The van der Waals surface area contributed by atoms with Gasteiger partial charge in [0.1, 0.15) is 0 Å². The van der Waals surface area contributed by atoms with Crippen molar-refractivity contribution in [3.63, 3.8) is 0 Å². The van der Waals surface area contributed by atoms with Crippen molar-refractivity contribution in [3.05, 3.63) is 59.7 Å². The van der Waals surface area contributed by atoms with E-state index in [9.17, 15) is 4.79 Å². The molecule has 1 saturated heterocycles. The van der Waals surface area contributed by atoms with Crippen LogP contribution in [-0.2, 0) is 11.3 Å². The lowest BCUT2D eigenvalue weighted by molar-refractivity contribution is -0.00517. The molecule has 0 saturated carbocycles. The smallest absolute Gasteiger partial charge is 0.255 e. The third kappa shape index (κ3) is 4.75. The van der Waals surface area contributed by atoms with Gasteiger partial charge < -0.3 is 20.7 Å². The van der Waals surface area contributed by atoms with Crippen LogP contribution in [0.2, 0.25) is 0 Å². The highest BCUT2D eigenvalue weighted by Crippen LogP contribution is 2.28. The zero-order chi connectivity index (χ0) is 17.8. The number of ether oxygens (including phenoxy) is 1. The third-order valence-corrected chi connectivity index (χ3v) is 4.36. The third-order valence-electron chi connectivity index (χ3n) is 4.36. The Morgan fingerprint density at radius 3 is 2.35 bits per heavy atom. The molecule has 1 amide bonds. The Hall–Kier alpha value is -2.08. The Balaban J connectivity index is 0.00000243. The van der Waals surface area contributed by atoms with E-state index < -0.39 is 0 Å². The van der Waals surface area contributed by atoms with E-state index in [0.29, 0.717) is 12.1 Å². The van der Waals surface area contributed by atoms with Crippen LogP contribution >= 0.6 is 12.4 Å². The van der Waals surface area contributed by atoms with Crippen molar-refractivity contribution in [2.75, 3.05) is 23.3 Å². The van der Waals surface area contributed by atoms with Crippen LogP contribution in [0.15, 0.2) is 48.5 Å². The largest absolute Gasteiger partial charge is 0.372 e. The molecule has 5 nitrogen and oxygen atoms in total. The number of nitrogens with two attached hydrogens (primary N) is 1. The Labute approximate surface area is 160 Å². The van der Waals surface area contributed by atoms with Crippen LogP contribution in [0.5, 0.6) is 0 Å². The fourth-order valence-corrected chi connectivity index (χ4v) is 3.22. The molecule has 1 heterocycles. The van der Waals surface area contributed by atoms with Crippen molar-refractivity contribution in [2.45, 2.75) is 32.6 Å². The summed E-state index contributed by atoms with van der Waals surface area (Å²) >= 11 is 0. The topological polar surface area (TPSA) is 67.6 Å². The standard InChI is InChI=1S/C20H25N3O2.ClH/c1-14-12-23(13-15(2)25-14)19-6-4-3-5-18(19)22-20(24)17-9-7-16(11-21)8-10-17;/h3-10,14-15H,11-13,21H2,1-2H3,(H,22,24);1H. The first-order chi connectivity index (χ1) is 12.1. The number of nitrogens with zero attached hydrogens (tertiary/aromatic N) is 1. The van der Waals surface area contributed by atoms with Crippen molar-refractivity contribution in [1.82, 2.24) is 0 Å². The van der Waals surface area contributed by atoms with Crippen molar-refractivity contribution < 1.29 is 9.53 Å². The van der Waals surface area contributed by atoms with Crippen LogP contribution < -0.4 is 16.0 Å². The van der Waals surface area contributed by atoms with E-state index in [1.165, 1.54) is 0 Å². The number of amides is 1. The van der Waals surface area contributed by atoms with Gasteiger partial charge in [-0.3, -0.25) is 4.79 Å². The summed E-state index contributed by atoms with van der Waals surface area (Å²) < 4.78 is 5.81. The molecule has 2 aromatic carbocycles. The van der Waals surface area contributed by atoms with Crippen LogP contribution in [0.1, 0.15) is 29.8 Å². The fourth-order valence-electron chi connectivity index (χ4n) is 3.22. The highest BCUT2D eigenvalue weighted by molar-refractivity contribution is 6.06. The predicted molar refractivity (Wildman–Crippen MR) is 108 cm³/mol. The average molecular weight is 376 g/mol. The summed E-state index contributed by atoms with van der Waals surface area (Å²) in [4.78, 5) is 14.9. The van der Waals surface area contributed by atoms with Gasteiger partial charge in [0, 0.05) is 25.2 Å². The lowest BCUT2D eigenvalue weighted by Gasteiger charge is -2.37. The van der Waals surface area contributed by atoms with Gasteiger partial charge in [-0.1, -0.05) is 24.3 Å². The first-order valence-corrected chi connectivity index (χ1v) is 8.66. The van der Waals surface area contributed by atoms with Gasteiger partial charge in [0.2, 0.25) is 0 Å². The number of para-hydroxylation sites is 2. The molecule has 140 valence electrons. The molecule has 1 aliphatic rings. The summed E-state index contributed by atoms with van der Waals surface area (Å²) in [5.41, 5.74) is 9.08. The molecular formula is C20H26ClN3O2. The van der Waals surface area contributed by atoms with Crippen molar-refractivity contribution >= 4 is 29.7 Å². The first-order valence-electron chi connectivity index (χ1n) is 8.66. The van der Waals surface area contributed by atoms with Gasteiger partial charge in [-0.2, -0.15) is 0 Å². The Kier molecular flexibility index (Phi) is 7.03. The summed E-state index contributed by atoms with van der Waals surface area (Å²) in [6.45, 7) is 6.23. The maximum absolute atomic E-state index is 12.6. The molecular weight excluding hydrogens is 350 g/mol. The minimum atomic E-state index is -0.120. The monoisotopic (exact) mass is 375 g/mol. The summed E-state index contributed by atoms with van der Waals surface area (Å²) in [5.74, 6) is -0.120. The molecule has 0 bridgehead atoms. The second kappa shape index (κ2) is 9.03. The molecule has 6 heteroatoms. The van der Waals surface area contributed by atoms with E-state index in [0.717, 1.165) is 30.0 Å². The Morgan fingerprint density at radius 2 is 1.73 bits per heavy atom. The molecule has 3 N–H and O–H groups in total. The number of hydrogen-bond acceptors (Lipinski definition) is 4. The van der Waals surface area contributed by atoms with Gasteiger partial charge in [0.15, 0.2) is 0 Å². The van der Waals surface area contributed by atoms with Gasteiger partial charge in [0.05, 0.1) is 23.6 Å². The molecule has 1 fully saturated rings. The number of benzene rings is 2. The predicted octanol–water partition coefficient (Wildman–Crippen LogP) is 3.43. The second-order valence-electron chi connectivity index (χ2n) is 6.53. The summed E-state index contributed by atoms with van der Waals surface area (Å²) in [6.07, 6.45) is 0.327. The normalized spacial score (nSPS) is 19.6. The molecule has 0 aromatic heterocycles. The van der Waals surface area contributed by atoms with Crippen LogP contribution in [0.25, 0.3) is 0 Å². The molecule has 0 aliphatic carbocycles.